The maximum atomic E-state index is 2.45. The van der Waals surface area contributed by atoms with E-state index in [0.717, 1.165) is 6.42 Å². The third-order valence-corrected chi connectivity index (χ3v) is 7.92. The number of thiophene rings is 1. The Kier molecular flexibility index (Phi) is 4.76. The first-order chi connectivity index (χ1) is 12.9. The molecule has 0 aliphatic heterocycles. The van der Waals surface area contributed by atoms with E-state index in [0.29, 0.717) is 5.92 Å². The molecule has 1 aliphatic rings. The van der Waals surface area contributed by atoms with Gasteiger partial charge < -0.3 is 0 Å². The first-order valence-corrected chi connectivity index (χ1v) is 11.1. The van der Waals surface area contributed by atoms with Crippen LogP contribution in [-0.4, -0.2) is 0 Å². The Morgan fingerprint density at radius 3 is 2.33 bits per heavy atom. The number of benzene rings is 2. The summed E-state index contributed by atoms with van der Waals surface area (Å²) in [6.45, 7) is 11.6. The summed E-state index contributed by atoms with van der Waals surface area (Å²) < 4.78 is 0. The van der Waals surface area contributed by atoms with E-state index in [-0.39, 0.29) is 5.41 Å². The van der Waals surface area contributed by atoms with Gasteiger partial charge in [0, 0.05) is 9.75 Å². The zero-order valence-corrected chi connectivity index (χ0v) is 18.0. The molecule has 1 heteroatoms. The maximum Gasteiger partial charge on any atom is 0.0345 e. The minimum atomic E-state index is 0.248. The Bertz CT molecular complexity index is 974. The monoisotopic (exact) mass is 374 g/mol. The fraction of sp³-hybridized carbons (Fsp3) is 0.385. The van der Waals surface area contributed by atoms with Gasteiger partial charge in [-0.25, -0.2) is 0 Å². The molecule has 0 N–H and O–H groups in total. The molecule has 0 amide bonds. The highest BCUT2D eigenvalue weighted by molar-refractivity contribution is 7.15. The molecule has 27 heavy (non-hydrogen) atoms. The van der Waals surface area contributed by atoms with Crippen molar-refractivity contribution in [3.05, 3.63) is 70.1 Å². The molecule has 1 aliphatic carbocycles. The molecule has 0 fully saturated rings. The highest BCUT2D eigenvalue weighted by Crippen LogP contribution is 2.42. The van der Waals surface area contributed by atoms with Crippen LogP contribution in [0.1, 0.15) is 74.9 Å². The Hall–Kier alpha value is -1.86. The number of hydrogen-bond acceptors (Lipinski definition) is 1. The quantitative estimate of drug-likeness (QED) is 0.330. The van der Waals surface area contributed by atoms with Crippen LogP contribution in [0.5, 0.6) is 0 Å². The molecule has 0 saturated carbocycles. The third-order valence-electron chi connectivity index (χ3n) is 6.56. The molecule has 0 spiro atoms. The lowest BCUT2D eigenvalue weighted by atomic mass is 9.81. The van der Waals surface area contributed by atoms with Gasteiger partial charge in [-0.2, -0.15) is 0 Å². The highest BCUT2D eigenvalue weighted by atomic mass is 32.1. The fourth-order valence-electron chi connectivity index (χ4n) is 3.96. The topological polar surface area (TPSA) is 0 Å². The zero-order chi connectivity index (χ0) is 19.2. The number of fused-ring (bicyclic) bond motifs is 3. The van der Waals surface area contributed by atoms with Crippen molar-refractivity contribution in [2.75, 3.05) is 0 Å². The Morgan fingerprint density at radius 1 is 0.926 bits per heavy atom. The van der Waals surface area contributed by atoms with E-state index in [1.54, 1.807) is 0 Å². The lowest BCUT2D eigenvalue weighted by Gasteiger charge is -2.24. The fourth-order valence-corrected chi connectivity index (χ4v) is 5.10. The molecule has 0 bridgehead atoms. The van der Waals surface area contributed by atoms with E-state index >= 15 is 0 Å². The second-order valence-corrected chi connectivity index (χ2v) is 9.78. The van der Waals surface area contributed by atoms with Crippen LogP contribution in [0.3, 0.4) is 0 Å². The van der Waals surface area contributed by atoms with Crippen molar-refractivity contribution in [3.8, 4) is 21.6 Å². The predicted octanol–water partition coefficient (Wildman–Crippen LogP) is 8.19. The van der Waals surface area contributed by atoms with Crippen LogP contribution in [0.4, 0.5) is 0 Å². The van der Waals surface area contributed by atoms with Crippen LogP contribution in [0, 0.1) is 0 Å². The summed E-state index contributed by atoms with van der Waals surface area (Å²) in [5, 5.41) is 0. The molecule has 1 aromatic heterocycles. The van der Waals surface area contributed by atoms with Crippen molar-refractivity contribution in [1.29, 1.82) is 0 Å². The molecule has 0 radical (unpaired) electrons. The second kappa shape index (κ2) is 6.95. The number of hydrogen-bond donors (Lipinski definition) is 0. The van der Waals surface area contributed by atoms with Gasteiger partial charge >= 0.3 is 0 Å². The minimum absolute atomic E-state index is 0.248. The van der Waals surface area contributed by atoms with E-state index in [1.807, 2.05) is 11.3 Å². The average molecular weight is 375 g/mol. The van der Waals surface area contributed by atoms with Gasteiger partial charge in [0.15, 0.2) is 0 Å². The van der Waals surface area contributed by atoms with Crippen LogP contribution in [-0.2, 0) is 11.8 Å². The summed E-state index contributed by atoms with van der Waals surface area (Å²) >= 11 is 1.96. The van der Waals surface area contributed by atoms with E-state index in [1.165, 1.54) is 56.0 Å². The van der Waals surface area contributed by atoms with Crippen molar-refractivity contribution >= 4 is 11.3 Å². The lowest BCUT2D eigenvalue weighted by Crippen LogP contribution is -2.15. The molecule has 1 heterocycles. The van der Waals surface area contributed by atoms with E-state index in [9.17, 15) is 0 Å². The molecule has 2 aromatic carbocycles. The summed E-state index contributed by atoms with van der Waals surface area (Å²) in [5.74, 6) is 0.655. The van der Waals surface area contributed by atoms with Gasteiger partial charge in [-0.05, 0) is 82.2 Å². The molecular formula is C26H30S. The molecule has 0 nitrogen and oxygen atoms in total. The first kappa shape index (κ1) is 18.5. The first-order valence-electron chi connectivity index (χ1n) is 10.3. The largest absolute Gasteiger partial charge is 0.140 e. The van der Waals surface area contributed by atoms with E-state index < -0.39 is 0 Å². The standard InChI is InChI=1S/C26H30S/c1-6-17(3)24-12-13-25(27-24)18-8-10-22-19(14-18)15-20-16-21(9-11-23(20)22)26(4,5)7-2/h8-14,16-17H,6-7,15H2,1-5H3. The lowest BCUT2D eigenvalue weighted by molar-refractivity contribution is 0.506. The molecular weight excluding hydrogens is 344 g/mol. The van der Waals surface area contributed by atoms with Crippen molar-refractivity contribution in [1.82, 2.24) is 0 Å². The van der Waals surface area contributed by atoms with Crippen LogP contribution in [0.15, 0.2) is 48.5 Å². The Balaban J connectivity index is 1.66. The predicted molar refractivity (Wildman–Crippen MR) is 120 cm³/mol. The maximum absolute atomic E-state index is 2.45. The molecule has 1 atom stereocenters. The van der Waals surface area contributed by atoms with Gasteiger partial charge in [0.25, 0.3) is 0 Å². The van der Waals surface area contributed by atoms with Crippen LogP contribution in [0.25, 0.3) is 21.6 Å². The SMILES string of the molecule is CCC(C)c1ccc(-c2ccc3c(c2)Cc2cc(C(C)(C)CC)ccc2-3)s1. The summed E-state index contributed by atoms with van der Waals surface area (Å²) in [5.41, 5.74) is 8.91. The molecule has 4 rings (SSSR count). The minimum Gasteiger partial charge on any atom is -0.140 e. The molecule has 0 saturated heterocycles. The molecule has 1 unspecified atom stereocenters. The zero-order valence-electron chi connectivity index (χ0n) is 17.2. The van der Waals surface area contributed by atoms with Gasteiger partial charge in [0.05, 0.1) is 0 Å². The van der Waals surface area contributed by atoms with E-state index in [4.69, 9.17) is 0 Å². The van der Waals surface area contributed by atoms with E-state index in [2.05, 4.69) is 83.1 Å². The third kappa shape index (κ3) is 3.27. The normalized spacial score (nSPS) is 14.1. The summed E-state index contributed by atoms with van der Waals surface area (Å²) in [7, 11) is 0. The molecule has 3 aromatic rings. The Morgan fingerprint density at radius 2 is 1.63 bits per heavy atom. The van der Waals surface area contributed by atoms with Gasteiger partial charge in [-0.1, -0.05) is 65.0 Å². The summed E-state index contributed by atoms with van der Waals surface area (Å²) in [6, 6.07) is 18.8. The van der Waals surface area contributed by atoms with Crippen molar-refractivity contribution in [2.24, 2.45) is 0 Å². The highest BCUT2D eigenvalue weighted by Gasteiger charge is 2.24. The summed E-state index contributed by atoms with van der Waals surface area (Å²) in [6.07, 6.45) is 3.44. The summed E-state index contributed by atoms with van der Waals surface area (Å²) in [4.78, 5) is 2.90. The Labute approximate surface area is 168 Å². The van der Waals surface area contributed by atoms with Gasteiger partial charge in [0.1, 0.15) is 0 Å². The van der Waals surface area contributed by atoms with Crippen molar-refractivity contribution < 1.29 is 0 Å². The smallest absolute Gasteiger partial charge is 0.0345 e. The van der Waals surface area contributed by atoms with Crippen molar-refractivity contribution in [2.45, 2.75) is 65.2 Å². The van der Waals surface area contributed by atoms with Crippen LogP contribution < -0.4 is 0 Å². The van der Waals surface area contributed by atoms with Crippen LogP contribution in [0.2, 0.25) is 0 Å². The van der Waals surface area contributed by atoms with Crippen LogP contribution >= 0.6 is 11.3 Å². The van der Waals surface area contributed by atoms with Gasteiger partial charge in [0.2, 0.25) is 0 Å². The van der Waals surface area contributed by atoms with Crippen molar-refractivity contribution in [3.63, 3.8) is 0 Å². The molecule has 140 valence electrons. The van der Waals surface area contributed by atoms with Gasteiger partial charge in [-0.15, -0.1) is 11.3 Å². The van der Waals surface area contributed by atoms with Gasteiger partial charge in [-0.3, -0.25) is 0 Å². The second-order valence-electron chi connectivity index (χ2n) is 8.67. The number of rotatable bonds is 5. The average Bonchev–Trinajstić information content (AvgIpc) is 3.31.